The Balaban J connectivity index is 2.13. The summed E-state index contributed by atoms with van der Waals surface area (Å²) in [6.45, 7) is 0.506. The van der Waals surface area contributed by atoms with Gasteiger partial charge >= 0.3 is 5.97 Å². The Morgan fingerprint density at radius 3 is 2.89 bits per heavy atom. The Hall–Kier alpha value is -2.07. The first-order valence-corrected chi connectivity index (χ1v) is 6.10. The molecular formula is C14H13ClN2O2. The van der Waals surface area contributed by atoms with Gasteiger partial charge in [0.05, 0.1) is 12.7 Å². The van der Waals surface area contributed by atoms with E-state index in [2.05, 4.69) is 10.3 Å². The maximum absolute atomic E-state index is 11.6. The van der Waals surface area contributed by atoms with Gasteiger partial charge in [0.1, 0.15) is 5.15 Å². The Labute approximate surface area is 116 Å². The number of aromatic nitrogens is 1. The number of methoxy groups -OCH3 is 1. The molecule has 0 aliphatic heterocycles. The molecule has 0 fully saturated rings. The smallest absolute Gasteiger partial charge is 0.338 e. The molecule has 0 unspecified atom stereocenters. The number of nitrogens with zero attached hydrogens (tertiary/aromatic N) is 1. The number of carbonyl (C=O) groups is 1. The molecule has 1 heterocycles. The van der Waals surface area contributed by atoms with E-state index in [4.69, 9.17) is 16.3 Å². The second-order valence-electron chi connectivity index (χ2n) is 3.87. The van der Waals surface area contributed by atoms with Crippen molar-refractivity contribution >= 4 is 23.3 Å². The van der Waals surface area contributed by atoms with Crippen LogP contribution in [0.25, 0.3) is 0 Å². The molecule has 2 rings (SSSR count). The number of benzene rings is 1. The van der Waals surface area contributed by atoms with Crippen molar-refractivity contribution in [2.75, 3.05) is 12.4 Å². The minimum atomic E-state index is -0.342. The van der Waals surface area contributed by atoms with Crippen molar-refractivity contribution in [2.24, 2.45) is 0 Å². The van der Waals surface area contributed by atoms with Crippen LogP contribution in [0.4, 0.5) is 5.69 Å². The highest BCUT2D eigenvalue weighted by Gasteiger charge is 2.10. The molecule has 1 aromatic carbocycles. The Morgan fingerprint density at radius 1 is 1.37 bits per heavy atom. The minimum absolute atomic E-state index is 0.342. The zero-order valence-electron chi connectivity index (χ0n) is 10.4. The summed E-state index contributed by atoms with van der Waals surface area (Å²) in [6, 6.07) is 10.8. The first-order valence-electron chi connectivity index (χ1n) is 5.72. The van der Waals surface area contributed by atoms with Gasteiger partial charge in [-0.15, -0.1) is 0 Å². The highest BCUT2D eigenvalue weighted by Crippen LogP contribution is 2.15. The van der Waals surface area contributed by atoms with E-state index in [0.717, 1.165) is 11.3 Å². The van der Waals surface area contributed by atoms with Crippen LogP contribution in [0.1, 0.15) is 15.9 Å². The van der Waals surface area contributed by atoms with E-state index in [1.54, 1.807) is 24.4 Å². The van der Waals surface area contributed by atoms with E-state index in [1.807, 2.05) is 18.2 Å². The third-order valence-electron chi connectivity index (χ3n) is 2.63. The van der Waals surface area contributed by atoms with Crippen LogP contribution in [0.15, 0.2) is 42.6 Å². The summed E-state index contributed by atoms with van der Waals surface area (Å²) in [6.07, 6.45) is 1.62. The van der Waals surface area contributed by atoms with Gasteiger partial charge in [0, 0.05) is 18.4 Å². The second kappa shape index (κ2) is 6.20. The lowest BCUT2D eigenvalue weighted by Gasteiger charge is -2.10. The lowest BCUT2D eigenvalue weighted by molar-refractivity contribution is 0.0599. The molecule has 0 amide bonds. The van der Waals surface area contributed by atoms with Crippen LogP contribution in [-0.4, -0.2) is 18.1 Å². The number of rotatable bonds is 4. The molecule has 2 aromatic rings. The van der Waals surface area contributed by atoms with Crippen LogP contribution in [0, 0.1) is 0 Å². The van der Waals surface area contributed by atoms with Gasteiger partial charge < -0.3 is 10.1 Å². The molecule has 0 aliphatic carbocycles. The molecule has 4 nitrogen and oxygen atoms in total. The van der Waals surface area contributed by atoms with E-state index < -0.39 is 0 Å². The molecular weight excluding hydrogens is 264 g/mol. The quantitative estimate of drug-likeness (QED) is 0.688. The van der Waals surface area contributed by atoms with Gasteiger partial charge in [0.15, 0.2) is 0 Å². The number of halogens is 1. The largest absolute Gasteiger partial charge is 0.465 e. The lowest BCUT2D eigenvalue weighted by Crippen LogP contribution is -2.09. The fourth-order valence-corrected chi connectivity index (χ4v) is 1.87. The van der Waals surface area contributed by atoms with Crippen molar-refractivity contribution in [1.82, 2.24) is 4.98 Å². The molecule has 0 radical (unpaired) electrons. The molecule has 0 saturated carbocycles. The van der Waals surface area contributed by atoms with Gasteiger partial charge in [0.25, 0.3) is 0 Å². The third kappa shape index (κ3) is 3.45. The molecule has 0 aliphatic rings. The number of pyridine rings is 1. The van der Waals surface area contributed by atoms with Crippen molar-refractivity contribution in [3.63, 3.8) is 0 Å². The highest BCUT2D eigenvalue weighted by atomic mass is 35.5. The maximum atomic E-state index is 11.6. The first-order chi connectivity index (χ1) is 9.20. The number of nitrogens with one attached hydrogen (secondary N) is 1. The lowest BCUT2D eigenvalue weighted by atomic mass is 10.1. The van der Waals surface area contributed by atoms with Crippen LogP contribution < -0.4 is 5.32 Å². The monoisotopic (exact) mass is 276 g/mol. The van der Waals surface area contributed by atoms with E-state index in [-0.39, 0.29) is 5.97 Å². The van der Waals surface area contributed by atoms with Crippen molar-refractivity contribution < 1.29 is 9.53 Å². The van der Waals surface area contributed by atoms with Gasteiger partial charge in [0.2, 0.25) is 0 Å². The molecule has 1 N–H and O–H groups in total. The number of ether oxygens (including phenoxy) is 1. The number of anilines is 1. The van der Waals surface area contributed by atoms with E-state index >= 15 is 0 Å². The van der Waals surface area contributed by atoms with Crippen molar-refractivity contribution in [3.8, 4) is 0 Å². The molecule has 0 spiro atoms. The molecule has 1 aromatic heterocycles. The predicted molar refractivity (Wildman–Crippen MR) is 74.4 cm³/mol. The summed E-state index contributed by atoms with van der Waals surface area (Å²) >= 11 is 5.81. The second-order valence-corrected chi connectivity index (χ2v) is 4.26. The zero-order chi connectivity index (χ0) is 13.7. The fraction of sp³-hybridized carbons (Fsp3) is 0.143. The van der Waals surface area contributed by atoms with Crippen molar-refractivity contribution in [2.45, 2.75) is 6.54 Å². The van der Waals surface area contributed by atoms with Crippen LogP contribution in [0.5, 0.6) is 0 Å². The third-order valence-corrected chi connectivity index (χ3v) is 2.84. The summed E-state index contributed by atoms with van der Waals surface area (Å²) in [7, 11) is 1.37. The summed E-state index contributed by atoms with van der Waals surface area (Å²) in [4.78, 5) is 15.5. The van der Waals surface area contributed by atoms with E-state index in [0.29, 0.717) is 17.3 Å². The predicted octanol–water partition coefficient (Wildman–Crippen LogP) is 3.13. The first kappa shape index (κ1) is 13.4. The number of hydrogen-bond donors (Lipinski definition) is 1. The van der Waals surface area contributed by atoms with Crippen molar-refractivity contribution in [3.05, 3.63) is 58.9 Å². The average Bonchev–Trinajstić information content (AvgIpc) is 2.45. The number of esters is 1. The molecule has 0 atom stereocenters. The number of hydrogen-bond acceptors (Lipinski definition) is 4. The fourth-order valence-electron chi connectivity index (χ4n) is 1.69. The van der Waals surface area contributed by atoms with Crippen LogP contribution in [0.2, 0.25) is 5.15 Å². The van der Waals surface area contributed by atoms with Gasteiger partial charge in [-0.1, -0.05) is 29.8 Å². The average molecular weight is 277 g/mol. The van der Waals surface area contributed by atoms with Crippen molar-refractivity contribution in [1.29, 1.82) is 0 Å². The molecule has 5 heteroatoms. The van der Waals surface area contributed by atoms with Gasteiger partial charge in [-0.25, -0.2) is 9.78 Å². The standard InChI is InChI=1S/C14H13ClN2O2/c1-19-14(18)12-5-3-2-4-10(12)9-17-11-6-7-16-13(15)8-11/h2-8H,9H2,1H3,(H,16,17). The molecule has 0 bridgehead atoms. The van der Waals surface area contributed by atoms with Gasteiger partial charge in [-0.2, -0.15) is 0 Å². The summed E-state index contributed by atoms with van der Waals surface area (Å²) in [5.41, 5.74) is 2.26. The Bertz CT molecular complexity index is 587. The Kier molecular flexibility index (Phi) is 4.36. The summed E-state index contributed by atoms with van der Waals surface area (Å²) < 4.78 is 4.75. The molecule has 19 heavy (non-hydrogen) atoms. The Morgan fingerprint density at radius 2 is 2.16 bits per heavy atom. The minimum Gasteiger partial charge on any atom is -0.465 e. The van der Waals surface area contributed by atoms with E-state index in [9.17, 15) is 4.79 Å². The van der Waals surface area contributed by atoms with E-state index in [1.165, 1.54) is 7.11 Å². The highest BCUT2D eigenvalue weighted by molar-refractivity contribution is 6.29. The SMILES string of the molecule is COC(=O)c1ccccc1CNc1ccnc(Cl)c1. The summed E-state index contributed by atoms with van der Waals surface area (Å²) in [5, 5.41) is 3.61. The number of carbonyl (C=O) groups excluding carboxylic acids is 1. The van der Waals surface area contributed by atoms with Gasteiger partial charge in [-0.05, 0) is 23.8 Å². The molecule has 0 saturated heterocycles. The molecule has 98 valence electrons. The van der Waals surface area contributed by atoms with Crippen LogP contribution >= 0.6 is 11.6 Å². The zero-order valence-corrected chi connectivity index (χ0v) is 11.1. The normalized spacial score (nSPS) is 10.0. The topological polar surface area (TPSA) is 51.2 Å². The van der Waals surface area contributed by atoms with Crippen LogP contribution in [0.3, 0.4) is 0 Å². The van der Waals surface area contributed by atoms with Gasteiger partial charge in [-0.3, -0.25) is 0 Å². The van der Waals surface area contributed by atoms with Crippen LogP contribution in [-0.2, 0) is 11.3 Å². The maximum Gasteiger partial charge on any atom is 0.338 e. The summed E-state index contributed by atoms with van der Waals surface area (Å²) in [5.74, 6) is -0.342.